The third kappa shape index (κ3) is 4.43. The summed E-state index contributed by atoms with van der Waals surface area (Å²) in [6, 6.07) is 5.42. The second kappa shape index (κ2) is 8.73. The predicted octanol–water partition coefficient (Wildman–Crippen LogP) is 2.19. The standard InChI is InChI=1S/C14H17N5O.2ClH/c20-14(12-4-1-2-7-15-12)18-11-5-6-13(16-10-11)19-9-3-8-17-19;;/h3,5-6,8-10,12,15H,1-2,4,7H2,(H,18,20);2*1H/t12-;;/m0../s1. The molecule has 1 atom stereocenters. The Labute approximate surface area is 141 Å². The van der Waals surface area contributed by atoms with E-state index in [4.69, 9.17) is 0 Å². The molecule has 22 heavy (non-hydrogen) atoms. The zero-order chi connectivity index (χ0) is 13.8. The molecule has 0 radical (unpaired) electrons. The largest absolute Gasteiger partial charge is 0.323 e. The van der Waals surface area contributed by atoms with E-state index < -0.39 is 0 Å². The summed E-state index contributed by atoms with van der Waals surface area (Å²) in [4.78, 5) is 16.3. The molecule has 0 spiro atoms. The lowest BCUT2D eigenvalue weighted by atomic mass is 10.0. The van der Waals surface area contributed by atoms with Crippen LogP contribution < -0.4 is 10.6 Å². The molecule has 1 aliphatic heterocycles. The molecule has 6 nitrogen and oxygen atoms in total. The summed E-state index contributed by atoms with van der Waals surface area (Å²) in [5, 5.41) is 10.2. The molecule has 2 N–H and O–H groups in total. The summed E-state index contributed by atoms with van der Waals surface area (Å²) in [6.45, 7) is 0.911. The average Bonchev–Trinajstić information content (AvgIpc) is 3.03. The molecule has 8 heteroatoms. The van der Waals surface area contributed by atoms with Gasteiger partial charge in [0.15, 0.2) is 5.82 Å². The van der Waals surface area contributed by atoms with Gasteiger partial charge in [-0.15, -0.1) is 24.8 Å². The van der Waals surface area contributed by atoms with Crippen molar-refractivity contribution in [2.24, 2.45) is 0 Å². The van der Waals surface area contributed by atoms with Crippen LogP contribution in [0.15, 0.2) is 36.8 Å². The number of rotatable bonds is 3. The van der Waals surface area contributed by atoms with Gasteiger partial charge in [-0.25, -0.2) is 9.67 Å². The van der Waals surface area contributed by atoms with Crippen molar-refractivity contribution in [3.8, 4) is 5.82 Å². The zero-order valence-electron chi connectivity index (χ0n) is 11.9. The topological polar surface area (TPSA) is 71.8 Å². The van der Waals surface area contributed by atoms with E-state index in [2.05, 4.69) is 20.7 Å². The summed E-state index contributed by atoms with van der Waals surface area (Å²) in [5.74, 6) is 0.738. The van der Waals surface area contributed by atoms with Crippen molar-refractivity contribution in [1.82, 2.24) is 20.1 Å². The van der Waals surface area contributed by atoms with Gasteiger partial charge in [0.2, 0.25) is 5.91 Å². The van der Waals surface area contributed by atoms with Crippen LogP contribution in [0.25, 0.3) is 5.82 Å². The Morgan fingerprint density at radius 3 is 2.77 bits per heavy atom. The summed E-state index contributed by atoms with van der Waals surface area (Å²) < 4.78 is 1.67. The maximum Gasteiger partial charge on any atom is 0.241 e. The van der Waals surface area contributed by atoms with Gasteiger partial charge in [0.05, 0.1) is 17.9 Å². The molecule has 0 aromatic carbocycles. The minimum Gasteiger partial charge on any atom is -0.323 e. The monoisotopic (exact) mass is 343 g/mol. The highest BCUT2D eigenvalue weighted by Crippen LogP contribution is 2.12. The minimum absolute atomic E-state index is 0. The number of hydrogen-bond acceptors (Lipinski definition) is 4. The van der Waals surface area contributed by atoms with Crippen LogP contribution in [0.1, 0.15) is 19.3 Å². The summed E-state index contributed by atoms with van der Waals surface area (Å²) in [6.07, 6.45) is 8.31. The van der Waals surface area contributed by atoms with E-state index in [9.17, 15) is 4.79 Å². The van der Waals surface area contributed by atoms with E-state index >= 15 is 0 Å². The van der Waals surface area contributed by atoms with Crippen LogP contribution in [0.3, 0.4) is 0 Å². The lowest BCUT2D eigenvalue weighted by Gasteiger charge is -2.22. The predicted molar refractivity (Wildman–Crippen MR) is 90.1 cm³/mol. The minimum atomic E-state index is -0.0884. The van der Waals surface area contributed by atoms with Crippen LogP contribution in [0.5, 0.6) is 0 Å². The Morgan fingerprint density at radius 1 is 1.32 bits per heavy atom. The Hall–Kier alpha value is -1.63. The highest BCUT2D eigenvalue weighted by Gasteiger charge is 2.20. The molecule has 0 bridgehead atoms. The second-order valence-electron chi connectivity index (χ2n) is 4.85. The van der Waals surface area contributed by atoms with Crippen LogP contribution in [-0.4, -0.2) is 33.3 Å². The number of aromatic nitrogens is 3. The lowest BCUT2D eigenvalue weighted by molar-refractivity contribution is -0.118. The van der Waals surface area contributed by atoms with Crippen LogP contribution >= 0.6 is 24.8 Å². The van der Waals surface area contributed by atoms with Gasteiger partial charge in [0.25, 0.3) is 0 Å². The zero-order valence-corrected chi connectivity index (χ0v) is 13.6. The van der Waals surface area contributed by atoms with Crippen molar-refractivity contribution in [1.29, 1.82) is 0 Å². The Morgan fingerprint density at radius 2 is 2.18 bits per heavy atom. The van der Waals surface area contributed by atoms with E-state index in [1.54, 1.807) is 17.1 Å². The molecule has 1 fully saturated rings. The molecular formula is C14H19Cl2N5O. The molecule has 0 aliphatic carbocycles. The van der Waals surface area contributed by atoms with Gasteiger partial charge in [-0.05, 0) is 37.6 Å². The van der Waals surface area contributed by atoms with Crippen LogP contribution in [0, 0.1) is 0 Å². The number of carbonyl (C=O) groups is 1. The molecule has 1 saturated heterocycles. The number of pyridine rings is 1. The molecule has 2 aromatic rings. The number of nitrogens with one attached hydrogen (secondary N) is 2. The van der Waals surface area contributed by atoms with Crippen molar-refractivity contribution in [2.75, 3.05) is 11.9 Å². The number of piperidine rings is 1. The smallest absolute Gasteiger partial charge is 0.241 e. The van der Waals surface area contributed by atoms with Crippen molar-refractivity contribution < 1.29 is 4.79 Å². The quantitative estimate of drug-likeness (QED) is 0.895. The highest BCUT2D eigenvalue weighted by molar-refractivity contribution is 5.94. The van der Waals surface area contributed by atoms with Gasteiger partial charge in [-0.2, -0.15) is 5.10 Å². The van der Waals surface area contributed by atoms with Gasteiger partial charge in [0, 0.05) is 12.4 Å². The Bertz CT molecular complexity index is 567. The molecule has 1 aliphatic rings. The highest BCUT2D eigenvalue weighted by atomic mass is 35.5. The molecule has 0 saturated carbocycles. The third-order valence-corrected chi connectivity index (χ3v) is 3.38. The van der Waals surface area contributed by atoms with Gasteiger partial charge < -0.3 is 10.6 Å². The van der Waals surface area contributed by atoms with Gasteiger partial charge in [-0.3, -0.25) is 4.79 Å². The first-order valence-electron chi connectivity index (χ1n) is 6.83. The van der Waals surface area contributed by atoms with Crippen molar-refractivity contribution in [2.45, 2.75) is 25.3 Å². The van der Waals surface area contributed by atoms with Gasteiger partial charge >= 0.3 is 0 Å². The number of halogens is 2. The first-order valence-corrected chi connectivity index (χ1v) is 6.83. The number of hydrogen-bond donors (Lipinski definition) is 2. The van der Waals surface area contributed by atoms with Crippen molar-refractivity contribution >= 4 is 36.4 Å². The number of anilines is 1. The fourth-order valence-corrected chi connectivity index (χ4v) is 2.30. The van der Waals surface area contributed by atoms with Gasteiger partial charge in [-0.1, -0.05) is 6.42 Å². The lowest BCUT2D eigenvalue weighted by Crippen LogP contribution is -2.43. The average molecular weight is 344 g/mol. The fraction of sp³-hybridized carbons (Fsp3) is 0.357. The molecule has 3 heterocycles. The van der Waals surface area contributed by atoms with E-state index in [-0.39, 0.29) is 36.8 Å². The van der Waals surface area contributed by atoms with E-state index in [0.717, 1.165) is 31.6 Å². The number of amides is 1. The molecule has 120 valence electrons. The first kappa shape index (κ1) is 18.4. The summed E-state index contributed by atoms with van der Waals surface area (Å²) >= 11 is 0. The van der Waals surface area contributed by atoms with Crippen LogP contribution in [0.4, 0.5) is 5.69 Å². The maximum absolute atomic E-state index is 12.1. The molecule has 2 aromatic heterocycles. The molecular weight excluding hydrogens is 325 g/mol. The molecule has 0 unspecified atom stereocenters. The second-order valence-corrected chi connectivity index (χ2v) is 4.85. The maximum atomic E-state index is 12.1. The number of carbonyl (C=O) groups excluding carboxylic acids is 1. The van der Waals surface area contributed by atoms with Gasteiger partial charge in [0.1, 0.15) is 0 Å². The van der Waals surface area contributed by atoms with Crippen molar-refractivity contribution in [3.05, 3.63) is 36.8 Å². The third-order valence-electron chi connectivity index (χ3n) is 3.38. The summed E-state index contributed by atoms with van der Waals surface area (Å²) in [5.41, 5.74) is 0.707. The first-order chi connectivity index (χ1) is 9.83. The van der Waals surface area contributed by atoms with E-state index in [1.165, 1.54) is 0 Å². The SMILES string of the molecule is Cl.Cl.O=C(Nc1ccc(-n2cccn2)nc1)[C@@H]1CCCCN1. The van der Waals surface area contributed by atoms with Crippen LogP contribution in [-0.2, 0) is 4.79 Å². The summed E-state index contributed by atoms with van der Waals surface area (Å²) in [7, 11) is 0. The number of nitrogens with zero attached hydrogens (tertiary/aromatic N) is 3. The molecule has 1 amide bonds. The van der Waals surface area contributed by atoms with Crippen LogP contribution in [0.2, 0.25) is 0 Å². The van der Waals surface area contributed by atoms with E-state index in [1.807, 2.05) is 24.4 Å². The van der Waals surface area contributed by atoms with E-state index in [0.29, 0.717) is 5.69 Å². The Balaban J connectivity index is 0.00000121. The Kier molecular flexibility index (Phi) is 7.31. The molecule has 3 rings (SSSR count). The fourth-order valence-electron chi connectivity index (χ4n) is 2.30. The normalized spacial score (nSPS) is 17.0. The van der Waals surface area contributed by atoms with Crippen molar-refractivity contribution in [3.63, 3.8) is 0 Å².